The number of β-amino-alcohol motifs (C(OH)–C–C–N with tert-alkyl or cyclic N) is 1. The van der Waals surface area contributed by atoms with Crippen LogP contribution in [-0.4, -0.2) is 79.4 Å². The SMILES string of the molecule is C[C@@H]([C@@H]1CCCN1C)n1ncc2c(N3C[C@@H](F)C[C@](C)(O)C3)nc(-c3noc4c3CCC[C@@]43CCCc4sc(N)c(C#N)c43)nc21. The predicted molar refractivity (Wildman–Crippen MR) is 174 cm³/mol. The van der Waals surface area contributed by atoms with Crippen molar-refractivity contribution in [3.63, 3.8) is 0 Å². The zero-order chi connectivity index (χ0) is 32.0. The number of nitrogens with two attached hydrogens (primary N) is 1. The molecule has 2 fully saturated rings. The molecule has 242 valence electrons. The van der Waals surface area contributed by atoms with Crippen molar-refractivity contribution in [2.45, 2.75) is 101 Å². The molecule has 2 saturated heterocycles. The molecule has 4 aromatic rings. The number of rotatable bonds is 4. The van der Waals surface area contributed by atoms with Crippen LogP contribution in [0.2, 0.25) is 0 Å². The summed E-state index contributed by atoms with van der Waals surface area (Å²) in [6.07, 6.45) is 8.10. The summed E-state index contributed by atoms with van der Waals surface area (Å²) in [7, 11) is 2.15. The molecule has 13 heteroatoms. The largest absolute Gasteiger partial charge is 0.389 e. The first kappa shape index (κ1) is 29.8. The molecule has 0 radical (unpaired) electrons. The topological polar surface area (TPSA) is 146 Å². The first-order valence-electron chi connectivity index (χ1n) is 16.5. The molecule has 5 atom stereocenters. The highest BCUT2D eigenvalue weighted by Gasteiger charge is 2.49. The normalized spacial score (nSPS) is 28.8. The second-order valence-corrected chi connectivity index (χ2v) is 15.3. The molecule has 11 nitrogen and oxygen atoms in total. The number of hydrogen-bond acceptors (Lipinski definition) is 11. The molecule has 0 aromatic carbocycles. The third kappa shape index (κ3) is 4.47. The number of likely N-dealkylation sites (tertiary alicyclic amines) is 1. The number of aryl methyl sites for hydroxylation is 1. The first-order chi connectivity index (χ1) is 22.1. The average Bonchev–Trinajstić information content (AvgIpc) is 3.80. The number of likely N-dealkylation sites (N-methyl/N-ethyl adjacent to an activating group) is 1. The van der Waals surface area contributed by atoms with Gasteiger partial charge in [-0.15, -0.1) is 11.3 Å². The summed E-state index contributed by atoms with van der Waals surface area (Å²) in [6, 6.07) is 2.74. The molecule has 0 unspecified atom stereocenters. The van der Waals surface area contributed by atoms with E-state index in [0.29, 0.717) is 39.6 Å². The van der Waals surface area contributed by atoms with E-state index in [1.165, 1.54) is 16.2 Å². The summed E-state index contributed by atoms with van der Waals surface area (Å²) in [6.45, 7) is 5.24. The second kappa shape index (κ2) is 10.7. The van der Waals surface area contributed by atoms with E-state index >= 15 is 4.39 Å². The number of fused-ring (bicyclic) bond motifs is 5. The quantitative estimate of drug-likeness (QED) is 0.314. The molecule has 3 N–H and O–H groups in total. The van der Waals surface area contributed by atoms with Gasteiger partial charge < -0.3 is 25.2 Å². The Bertz CT molecular complexity index is 1870. The predicted octanol–water partition coefficient (Wildman–Crippen LogP) is 4.91. The van der Waals surface area contributed by atoms with Gasteiger partial charge >= 0.3 is 0 Å². The summed E-state index contributed by atoms with van der Waals surface area (Å²) in [5.74, 6) is 1.73. The monoisotopic (exact) mass is 645 g/mol. The van der Waals surface area contributed by atoms with Crippen molar-refractivity contribution in [3.05, 3.63) is 33.5 Å². The zero-order valence-corrected chi connectivity index (χ0v) is 27.4. The molecule has 2 aliphatic heterocycles. The van der Waals surface area contributed by atoms with Crippen LogP contribution >= 0.6 is 11.3 Å². The van der Waals surface area contributed by atoms with Crippen LogP contribution in [0.25, 0.3) is 22.6 Å². The minimum Gasteiger partial charge on any atom is -0.389 e. The summed E-state index contributed by atoms with van der Waals surface area (Å²) in [4.78, 5) is 15.5. The molecule has 1 spiro atoms. The van der Waals surface area contributed by atoms with Gasteiger partial charge in [-0.25, -0.2) is 19.0 Å². The standard InChI is InChI=1S/C33H40FN9O2S/c1-18(23-8-6-12-41(23)3)43-31-22(15-37-43)30(42-16-19(34)13-32(2,44)17-42)38-29(39-31)26-20-7-4-10-33(27(20)45-40-26)11-5-9-24-25(33)21(14-35)28(36)46-24/h15,18-19,23,44H,4-13,16-17,36H2,1-3H3/t18-,19-,23-,32-,33-/m0/s1. The smallest absolute Gasteiger partial charge is 0.186 e. The maximum Gasteiger partial charge on any atom is 0.186 e. The summed E-state index contributed by atoms with van der Waals surface area (Å²) in [5, 5.41) is 31.9. The Morgan fingerprint density at radius 1 is 1.24 bits per heavy atom. The number of alkyl halides is 1. The Morgan fingerprint density at radius 3 is 2.78 bits per heavy atom. The lowest BCUT2D eigenvalue weighted by Gasteiger charge is -2.39. The number of hydrogen-bond donors (Lipinski definition) is 2. The van der Waals surface area contributed by atoms with Crippen molar-refractivity contribution in [2.24, 2.45) is 0 Å². The second-order valence-electron chi connectivity index (χ2n) is 14.2. The molecule has 0 amide bonds. The molecular formula is C33H40FN9O2S. The number of nitriles is 1. The highest BCUT2D eigenvalue weighted by atomic mass is 32.1. The van der Waals surface area contributed by atoms with Crippen LogP contribution in [0.15, 0.2) is 10.7 Å². The van der Waals surface area contributed by atoms with Crippen LogP contribution in [0.5, 0.6) is 0 Å². The minimum absolute atomic E-state index is 0.0441. The van der Waals surface area contributed by atoms with Crippen molar-refractivity contribution in [1.82, 2.24) is 29.8 Å². The van der Waals surface area contributed by atoms with Gasteiger partial charge in [-0.1, -0.05) is 5.16 Å². The number of aliphatic hydroxyl groups is 1. The minimum atomic E-state index is -1.20. The lowest BCUT2D eigenvalue weighted by molar-refractivity contribution is 0.0165. The Balaban J connectivity index is 1.30. The number of aromatic nitrogens is 5. The van der Waals surface area contributed by atoms with Gasteiger partial charge in [-0.05, 0) is 84.4 Å². The fourth-order valence-corrected chi connectivity index (χ4v) is 10.1. The summed E-state index contributed by atoms with van der Waals surface area (Å²) < 4.78 is 23.3. The molecule has 6 heterocycles. The van der Waals surface area contributed by atoms with Crippen LogP contribution in [-0.2, 0) is 18.3 Å². The molecule has 4 aliphatic rings. The summed E-state index contributed by atoms with van der Waals surface area (Å²) in [5.41, 5.74) is 8.47. The van der Waals surface area contributed by atoms with Crippen molar-refractivity contribution < 1.29 is 14.0 Å². The number of nitrogen functional groups attached to an aromatic ring is 1. The van der Waals surface area contributed by atoms with Gasteiger partial charge in [0.2, 0.25) is 0 Å². The molecule has 2 aliphatic carbocycles. The van der Waals surface area contributed by atoms with E-state index < -0.39 is 17.2 Å². The van der Waals surface area contributed by atoms with Gasteiger partial charge in [0.25, 0.3) is 0 Å². The third-order valence-electron chi connectivity index (χ3n) is 10.9. The lowest BCUT2D eigenvalue weighted by Crippen LogP contribution is -2.51. The van der Waals surface area contributed by atoms with Gasteiger partial charge in [-0.2, -0.15) is 10.4 Å². The van der Waals surface area contributed by atoms with Crippen molar-refractivity contribution in [3.8, 4) is 17.6 Å². The number of anilines is 2. The molecule has 0 bridgehead atoms. The average molecular weight is 646 g/mol. The highest BCUT2D eigenvalue weighted by molar-refractivity contribution is 7.16. The van der Waals surface area contributed by atoms with E-state index in [9.17, 15) is 10.4 Å². The van der Waals surface area contributed by atoms with Gasteiger partial charge in [0.05, 0.1) is 40.7 Å². The van der Waals surface area contributed by atoms with E-state index in [-0.39, 0.29) is 25.6 Å². The number of nitrogens with zero attached hydrogens (tertiary/aromatic N) is 8. The first-order valence-corrected chi connectivity index (χ1v) is 17.3. The lowest BCUT2D eigenvalue weighted by atomic mass is 9.63. The van der Waals surface area contributed by atoms with E-state index in [1.807, 2.05) is 9.58 Å². The maximum absolute atomic E-state index is 15.1. The fraction of sp³-hybridized carbons (Fsp3) is 0.606. The van der Waals surface area contributed by atoms with Crippen molar-refractivity contribution in [2.75, 3.05) is 37.3 Å². The molecular weight excluding hydrogens is 605 g/mol. The van der Waals surface area contributed by atoms with Crippen molar-refractivity contribution >= 4 is 33.2 Å². The zero-order valence-electron chi connectivity index (χ0n) is 26.6. The molecule has 0 saturated carbocycles. The highest BCUT2D eigenvalue weighted by Crippen LogP contribution is 2.55. The van der Waals surface area contributed by atoms with Gasteiger partial charge in [0, 0.05) is 29.4 Å². The van der Waals surface area contributed by atoms with Gasteiger partial charge in [-0.3, -0.25) is 0 Å². The van der Waals surface area contributed by atoms with Crippen LogP contribution in [0.4, 0.5) is 15.2 Å². The van der Waals surface area contributed by atoms with E-state index in [0.717, 1.165) is 80.2 Å². The Morgan fingerprint density at radius 2 is 2.04 bits per heavy atom. The van der Waals surface area contributed by atoms with Crippen molar-refractivity contribution in [1.29, 1.82) is 5.26 Å². The van der Waals surface area contributed by atoms with E-state index in [2.05, 4.69) is 30.1 Å². The fourth-order valence-electron chi connectivity index (χ4n) is 8.96. The Kier molecular flexibility index (Phi) is 6.94. The molecule has 46 heavy (non-hydrogen) atoms. The third-order valence-corrected chi connectivity index (χ3v) is 12.0. The number of halogens is 1. The van der Waals surface area contributed by atoms with Crippen LogP contribution in [0.1, 0.15) is 92.2 Å². The van der Waals surface area contributed by atoms with Crippen LogP contribution in [0.3, 0.4) is 0 Å². The van der Waals surface area contributed by atoms with E-state index in [1.54, 1.807) is 13.1 Å². The Labute approximate surface area is 271 Å². The van der Waals surface area contributed by atoms with Gasteiger partial charge in [0.1, 0.15) is 23.1 Å². The van der Waals surface area contributed by atoms with Crippen LogP contribution in [0, 0.1) is 11.3 Å². The van der Waals surface area contributed by atoms with E-state index in [4.69, 9.17) is 25.3 Å². The molecule has 4 aromatic heterocycles. The maximum atomic E-state index is 15.1. The number of piperidine rings is 1. The van der Waals surface area contributed by atoms with Gasteiger partial charge in [0.15, 0.2) is 22.9 Å². The Hall–Kier alpha value is -3.60. The van der Waals surface area contributed by atoms with Crippen LogP contribution < -0.4 is 10.6 Å². The number of thiophene rings is 1. The summed E-state index contributed by atoms with van der Waals surface area (Å²) >= 11 is 1.52. The molecule has 8 rings (SSSR count).